The van der Waals surface area contributed by atoms with E-state index in [2.05, 4.69) is 18.9 Å². The van der Waals surface area contributed by atoms with Crippen molar-refractivity contribution in [2.75, 3.05) is 0 Å². The van der Waals surface area contributed by atoms with Gasteiger partial charge in [-0.15, -0.1) is 6.42 Å². The Hall–Kier alpha value is 0.220. The third kappa shape index (κ3) is 2.51. The minimum atomic E-state index is -0.887. The van der Waals surface area contributed by atoms with Crippen LogP contribution in [-0.4, -0.2) is 51.5 Å². The number of fused-ring (bicyclic) bond motifs is 5. The van der Waals surface area contributed by atoms with Gasteiger partial charge in [0.05, 0.1) is 6.10 Å². The van der Waals surface area contributed by atoms with Crippen LogP contribution in [0.1, 0.15) is 58.3 Å². The molecule has 4 aliphatic carbocycles. The Balaban J connectivity index is 0.00000156. The molecule has 0 aromatic heterocycles. The summed E-state index contributed by atoms with van der Waals surface area (Å²) in [6, 6.07) is 0. The van der Waals surface area contributed by atoms with Crippen molar-refractivity contribution >= 4 is 29.6 Å². The van der Waals surface area contributed by atoms with E-state index in [4.69, 9.17) is 6.42 Å². The number of hydrogen-bond donors (Lipinski definition) is 2. The molecule has 3 heteroatoms. The average Bonchev–Trinajstić information content (AvgIpc) is 2.79. The van der Waals surface area contributed by atoms with Crippen molar-refractivity contribution < 1.29 is 10.2 Å². The Morgan fingerprint density at radius 3 is 2.65 bits per heavy atom. The fourth-order valence-corrected chi connectivity index (χ4v) is 6.57. The first-order valence-corrected chi connectivity index (χ1v) is 9.07. The Kier molecular flexibility index (Phi) is 4.85. The molecule has 2 N–H and O–H groups in total. The zero-order chi connectivity index (χ0) is 15.5. The van der Waals surface area contributed by atoms with Crippen molar-refractivity contribution in [2.24, 2.45) is 29.1 Å². The van der Waals surface area contributed by atoms with Crippen LogP contribution in [0.5, 0.6) is 0 Å². The second-order valence-corrected chi connectivity index (χ2v) is 8.47. The molecule has 0 aliphatic heterocycles. The van der Waals surface area contributed by atoms with E-state index in [1.165, 1.54) is 18.4 Å². The molecule has 0 saturated heterocycles. The summed E-state index contributed by atoms with van der Waals surface area (Å²) in [5, 5.41) is 20.8. The normalized spacial score (nSPS) is 51.4. The number of hydrogen-bond acceptors (Lipinski definition) is 2. The first-order valence-electron chi connectivity index (χ1n) is 9.07. The monoisotopic (exact) mass is 324 g/mol. The quantitative estimate of drug-likeness (QED) is 0.408. The van der Waals surface area contributed by atoms with E-state index >= 15 is 0 Å². The molecule has 122 valence electrons. The molecule has 4 rings (SSSR count). The third-order valence-corrected chi connectivity index (χ3v) is 7.82. The zero-order valence-corrected chi connectivity index (χ0v) is 13.6. The molecule has 3 fully saturated rings. The number of rotatable bonds is 0. The SMILES string of the molecule is C#C[C@]1(O)CC[C@H]2[C@@H]3CCC4=C[C@@H](O)CC[C@@H]4[C@H]3CC[C@@]21C.[NaH]. The van der Waals surface area contributed by atoms with Crippen molar-refractivity contribution in [3.8, 4) is 12.3 Å². The summed E-state index contributed by atoms with van der Waals surface area (Å²) in [5.41, 5.74) is 0.550. The fourth-order valence-electron chi connectivity index (χ4n) is 6.57. The molecule has 0 bridgehead atoms. The van der Waals surface area contributed by atoms with Gasteiger partial charge >= 0.3 is 29.6 Å². The van der Waals surface area contributed by atoms with Crippen molar-refractivity contribution in [3.63, 3.8) is 0 Å². The van der Waals surface area contributed by atoms with Crippen LogP contribution in [0.2, 0.25) is 0 Å². The third-order valence-electron chi connectivity index (χ3n) is 7.82. The standard InChI is InChI=1S/C20H28O2.Na.H/c1-3-20(22)11-9-18-17-6-4-13-12-14(21)5-7-15(13)16(17)8-10-19(18,20)2;;/h1,12,14-18,21-22H,4-11H2,2H3;;/t14-,15-,16+,17+,18-,19-,20-;;/m0../s1. The van der Waals surface area contributed by atoms with Gasteiger partial charge in [0.25, 0.3) is 0 Å². The first-order chi connectivity index (χ1) is 10.5. The second kappa shape index (κ2) is 6.19. The van der Waals surface area contributed by atoms with E-state index in [-0.39, 0.29) is 41.1 Å². The van der Waals surface area contributed by atoms with Gasteiger partial charge in [-0.1, -0.05) is 24.5 Å². The molecule has 0 aromatic carbocycles. The fraction of sp³-hybridized carbons (Fsp3) is 0.800. The summed E-state index contributed by atoms with van der Waals surface area (Å²) in [6.07, 6.45) is 16.2. The van der Waals surface area contributed by atoms with Crippen LogP contribution < -0.4 is 0 Å². The van der Waals surface area contributed by atoms with E-state index in [1.54, 1.807) is 0 Å². The molecule has 0 amide bonds. The molecular weight excluding hydrogens is 295 g/mol. The van der Waals surface area contributed by atoms with E-state index in [0.717, 1.165) is 50.4 Å². The van der Waals surface area contributed by atoms with E-state index in [0.29, 0.717) is 11.8 Å². The summed E-state index contributed by atoms with van der Waals surface area (Å²) in [4.78, 5) is 0. The van der Waals surface area contributed by atoms with Gasteiger partial charge in [0, 0.05) is 5.41 Å². The summed E-state index contributed by atoms with van der Waals surface area (Å²) in [7, 11) is 0. The zero-order valence-electron chi connectivity index (χ0n) is 13.6. The Bertz CT molecular complexity index is 550. The molecule has 7 atom stereocenters. The van der Waals surface area contributed by atoms with Crippen LogP contribution in [0.3, 0.4) is 0 Å². The van der Waals surface area contributed by atoms with Crippen LogP contribution in [-0.2, 0) is 0 Å². The molecule has 0 aromatic rings. The maximum atomic E-state index is 10.9. The van der Waals surface area contributed by atoms with Gasteiger partial charge in [-0.05, 0) is 75.0 Å². The van der Waals surface area contributed by atoms with E-state index < -0.39 is 5.60 Å². The van der Waals surface area contributed by atoms with Crippen LogP contribution >= 0.6 is 0 Å². The number of terminal acetylenes is 1. The van der Waals surface area contributed by atoms with Crippen molar-refractivity contribution in [1.82, 2.24) is 0 Å². The van der Waals surface area contributed by atoms with Gasteiger partial charge in [0.15, 0.2) is 0 Å². The predicted molar refractivity (Wildman–Crippen MR) is 94.0 cm³/mol. The van der Waals surface area contributed by atoms with Gasteiger partial charge in [-0.2, -0.15) is 0 Å². The Labute approximate surface area is 162 Å². The van der Waals surface area contributed by atoms with E-state index in [1.807, 2.05) is 0 Å². The Morgan fingerprint density at radius 1 is 1.13 bits per heavy atom. The second-order valence-electron chi connectivity index (χ2n) is 8.47. The molecule has 2 nitrogen and oxygen atoms in total. The number of aliphatic hydroxyl groups is 2. The summed E-state index contributed by atoms with van der Waals surface area (Å²) >= 11 is 0. The number of aliphatic hydroxyl groups excluding tert-OH is 1. The summed E-state index contributed by atoms with van der Waals surface area (Å²) in [5.74, 6) is 5.50. The molecule has 3 saturated carbocycles. The minimum absolute atomic E-state index is 0. The molecule has 0 spiro atoms. The van der Waals surface area contributed by atoms with Gasteiger partial charge in [-0.25, -0.2) is 0 Å². The van der Waals surface area contributed by atoms with Gasteiger partial charge in [0.2, 0.25) is 0 Å². The molecule has 0 radical (unpaired) electrons. The molecule has 4 aliphatic rings. The van der Waals surface area contributed by atoms with Gasteiger partial charge < -0.3 is 10.2 Å². The van der Waals surface area contributed by atoms with Crippen molar-refractivity contribution in [1.29, 1.82) is 0 Å². The number of allylic oxidation sites excluding steroid dienone is 1. The van der Waals surface area contributed by atoms with Crippen molar-refractivity contribution in [2.45, 2.75) is 70.0 Å². The molecular formula is C20H29NaO2. The maximum absolute atomic E-state index is 10.9. The van der Waals surface area contributed by atoms with Crippen LogP contribution in [0.15, 0.2) is 11.6 Å². The van der Waals surface area contributed by atoms with Crippen molar-refractivity contribution in [3.05, 3.63) is 11.6 Å². The topological polar surface area (TPSA) is 40.5 Å². The van der Waals surface area contributed by atoms with E-state index in [9.17, 15) is 10.2 Å². The van der Waals surface area contributed by atoms with Crippen LogP contribution in [0, 0.1) is 41.4 Å². The van der Waals surface area contributed by atoms with Crippen LogP contribution in [0.4, 0.5) is 0 Å². The molecule has 23 heavy (non-hydrogen) atoms. The summed E-state index contributed by atoms with van der Waals surface area (Å²) < 4.78 is 0. The predicted octanol–water partition coefficient (Wildman–Crippen LogP) is 2.64. The Morgan fingerprint density at radius 2 is 1.91 bits per heavy atom. The van der Waals surface area contributed by atoms with Crippen LogP contribution in [0.25, 0.3) is 0 Å². The molecule has 0 heterocycles. The average molecular weight is 324 g/mol. The van der Waals surface area contributed by atoms with Gasteiger partial charge in [0.1, 0.15) is 5.60 Å². The van der Waals surface area contributed by atoms with Gasteiger partial charge in [-0.3, -0.25) is 0 Å². The first kappa shape index (κ1) is 18.0. The summed E-state index contributed by atoms with van der Waals surface area (Å²) in [6.45, 7) is 2.25. The molecule has 0 unspecified atom stereocenters.